The molecule has 0 spiro atoms. The average Bonchev–Trinajstić information content (AvgIpc) is 2.98. The Kier molecular flexibility index (Phi) is 4.69. The third-order valence-corrected chi connectivity index (χ3v) is 7.29. The topological polar surface area (TPSA) is 69.7 Å². The molecule has 6 nitrogen and oxygen atoms in total. The summed E-state index contributed by atoms with van der Waals surface area (Å²) in [5, 5.41) is 3.46. The number of likely N-dealkylation sites (tertiary alicyclic amines) is 1. The molecular formula is C19H27N3O3S. The minimum Gasteiger partial charge on any atom is -0.339 e. The molecule has 3 aliphatic heterocycles. The number of hydrogen-bond acceptors (Lipinski definition) is 4. The Morgan fingerprint density at radius 1 is 1.12 bits per heavy atom. The van der Waals surface area contributed by atoms with Crippen molar-refractivity contribution < 1.29 is 13.2 Å². The fourth-order valence-corrected chi connectivity index (χ4v) is 5.64. The number of aryl methyl sites for hydroxylation is 1. The zero-order valence-corrected chi connectivity index (χ0v) is 16.1. The second-order valence-electron chi connectivity index (χ2n) is 7.83. The maximum Gasteiger partial charge on any atom is 0.253 e. The molecule has 3 aliphatic rings. The van der Waals surface area contributed by atoms with Crippen LogP contribution >= 0.6 is 0 Å². The van der Waals surface area contributed by atoms with E-state index in [1.54, 1.807) is 12.1 Å². The monoisotopic (exact) mass is 377 g/mol. The maximum atomic E-state index is 13.0. The molecule has 1 amide bonds. The van der Waals surface area contributed by atoms with Gasteiger partial charge in [-0.15, -0.1) is 0 Å². The molecule has 0 saturated carbocycles. The molecule has 3 heterocycles. The van der Waals surface area contributed by atoms with Gasteiger partial charge < -0.3 is 10.2 Å². The first-order chi connectivity index (χ1) is 12.4. The first-order valence-electron chi connectivity index (χ1n) is 9.54. The minimum atomic E-state index is -3.27. The average molecular weight is 378 g/mol. The largest absolute Gasteiger partial charge is 0.339 e. The van der Waals surface area contributed by atoms with E-state index in [4.69, 9.17) is 0 Å². The van der Waals surface area contributed by atoms with Crippen LogP contribution in [0.25, 0.3) is 0 Å². The summed E-state index contributed by atoms with van der Waals surface area (Å²) < 4.78 is 25.4. The highest BCUT2D eigenvalue weighted by Crippen LogP contribution is 2.31. The van der Waals surface area contributed by atoms with Crippen molar-refractivity contribution in [2.45, 2.75) is 25.7 Å². The van der Waals surface area contributed by atoms with Crippen LogP contribution in [0.5, 0.6) is 0 Å². The maximum absolute atomic E-state index is 13.0. The van der Waals surface area contributed by atoms with E-state index in [-0.39, 0.29) is 5.91 Å². The molecule has 2 fully saturated rings. The van der Waals surface area contributed by atoms with E-state index in [0.717, 1.165) is 63.1 Å². The number of amides is 1. The lowest BCUT2D eigenvalue weighted by Crippen LogP contribution is -2.35. The Hall–Kier alpha value is -1.60. The molecule has 1 aromatic carbocycles. The summed E-state index contributed by atoms with van der Waals surface area (Å²) in [6.45, 7) is 4.30. The van der Waals surface area contributed by atoms with Crippen molar-refractivity contribution in [2.75, 3.05) is 43.3 Å². The highest BCUT2D eigenvalue weighted by molar-refractivity contribution is 7.92. The van der Waals surface area contributed by atoms with Gasteiger partial charge in [0.25, 0.3) is 5.91 Å². The van der Waals surface area contributed by atoms with Crippen LogP contribution in [0.15, 0.2) is 18.2 Å². The number of carbonyl (C=O) groups is 1. The Morgan fingerprint density at radius 3 is 2.46 bits per heavy atom. The van der Waals surface area contributed by atoms with Gasteiger partial charge in [-0.25, -0.2) is 8.42 Å². The summed E-state index contributed by atoms with van der Waals surface area (Å²) in [7, 11) is -3.27. The molecule has 1 aromatic rings. The lowest BCUT2D eigenvalue weighted by atomic mass is 9.92. The normalized spacial score (nSPS) is 26.2. The van der Waals surface area contributed by atoms with Gasteiger partial charge in [-0.3, -0.25) is 9.10 Å². The van der Waals surface area contributed by atoms with Crippen LogP contribution in [-0.4, -0.2) is 58.2 Å². The first kappa shape index (κ1) is 17.8. The molecule has 1 N–H and O–H groups in total. The van der Waals surface area contributed by atoms with Gasteiger partial charge in [0, 0.05) is 25.2 Å². The van der Waals surface area contributed by atoms with Crippen molar-refractivity contribution in [1.82, 2.24) is 10.2 Å². The summed E-state index contributed by atoms with van der Waals surface area (Å²) in [6.07, 6.45) is 4.98. The van der Waals surface area contributed by atoms with Crippen LogP contribution in [0.4, 0.5) is 5.69 Å². The molecule has 0 unspecified atom stereocenters. The third-order valence-electron chi connectivity index (χ3n) is 6.11. The number of hydrogen-bond donors (Lipinski definition) is 1. The molecule has 142 valence electrons. The molecule has 2 atom stereocenters. The van der Waals surface area contributed by atoms with Gasteiger partial charge in [0.05, 0.1) is 11.9 Å². The van der Waals surface area contributed by atoms with Gasteiger partial charge in [0.2, 0.25) is 10.0 Å². The smallest absolute Gasteiger partial charge is 0.253 e. The van der Waals surface area contributed by atoms with Gasteiger partial charge in [-0.2, -0.15) is 0 Å². The Bertz CT molecular complexity index is 794. The Balaban J connectivity index is 1.54. The van der Waals surface area contributed by atoms with Crippen molar-refractivity contribution in [2.24, 2.45) is 11.8 Å². The minimum absolute atomic E-state index is 0.0808. The highest BCUT2D eigenvalue weighted by atomic mass is 32.2. The second kappa shape index (κ2) is 6.85. The van der Waals surface area contributed by atoms with Crippen molar-refractivity contribution in [3.05, 3.63) is 29.3 Å². The molecule has 26 heavy (non-hydrogen) atoms. The number of carbonyl (C=O) groups excluding carboxylic acids is 1. The van der Waals surface area contributed by atoms with Gasteiger partial charge >= 0.3 is 0 Å². The summed E-state index contributed by atoms with van der Waals surface area (Å²) in [6, 6.07) is 5.50. The summed E-state index contributed by atoms with van der Waals surface area (Å²) in [4.78, 5) is 15.0. The van der Waals surface area contributed by atoms with E-state index < -0.39 is 10.0 Å². The first-order valence-corrected chi connectivity index (χ1v) is 11.4. The molecular weight excluding hydrogens is 350 g/mol. The van der Waals surface area contributed by atoms with Crippen LogP contribution in [0.2, 0.25) is 0 Å². The van der Waals surface area contributed by atoms with Crippen molar-refractivity contribution in [3.8, 4) is 0 Å². The third kappa shape index (κ3) is 3.34. The fraction of sp³-hybridized carbons (Fsp3) is 0.632. The summed E-state index contributed by atoms with van der Waals surface area (Å²) >= 11 is 0. The number of nitrogens with zero attached hydrogens (tertiary/aromatic N) is 2. The van der Waals surface area contributed by atoms with Gasteiger partial charge in [0.1, 0.15) is 0 Å². The number of rotatable bonds is 2. The standard InChI is InChI=1S/C19H27N3O3S/c1-26(24,25)22-8-2-3-14-11-15(4-5-18(14)22)19(23)21-9-6-16-12-20-13-17(16)7-10-21/h4-5,11,16-17,20H,2-3,6-10,12-13H2,1H3/t16-,17+. The predicted molar refractivity (Wildman–Crippen MR) is 102 cm³/mol. The van der Waals surface area contributed by atoms with E-state index in [9.17, 15) is 13.2 Å². The molecule has 0 bridgehead atoms. The molecule has 0 aliphatic carbocycles. The number of benzene rings is 1. The quantitative estimate of drug-likeness (QED) is 0.847. The Morgan fingerprint density at radius 2 is 1.81 bits per heavy atom. The van der Waals surface area contributed by atoms with Gasteiger partial charge in [-0.1, -0.05) is 0 Å². The van der Waals surface area contributed by atoms with Gasteiger partial charge in [0.15, 0.2) is 0 Å². The molecule has 4 rings (SSSR count). The highest BCUT2D eigenvalue weighted by Gasteiger charge is 2.32. The van der Waals surface area contributed by atoms with E-state index >= 15 is 0 Å². The molecule has 7 heteroatoms. The van der Waals surface area contributed by atoms with E-state index in [2.05, 4.69) is 5.32 Å². The predicted octanol–water partition coefficient (Wildman–Crippen LogP) is 1.47. The van der Waals surface area contributed by atoms with Crippen LogP contribution in [0, 0.1) is 11.8 Å². The van der Waals surface area contributed by atoms with E-state index in [0.29, 0.717) is 23.9 Å². The second-order valence-corrected chi connectivity index (χ2v) is 9.74. The van der Waals surface area contributed by atoms with E-state index in [1.165, 1.54) is 10.6 Å². The summed E-state index contributed by atoms with van der Waals surface area (Å²) in [5.74, 6) is 1.47. The fourth-order valence-electron chi connectivity index (χ4n) is 4.64. The zero-order chi connectivity index (χ0) is 18.3. The molecule has 0 aromatic heterocycles. The molecule has 0 radical (unpaired) electrons. The summed E-state index contributed by atoms with van der Waals surface area (Å²) in [5.41, 5.74) is 2.37. The Labute approximate surface area is 155 Å². The van der Waals surface area contributed by atoms with Gasteiger partial charge in [-0.05, 0) is 74.4 Å². The number of anilines is 1. The SMILES string of the molecule is CS(=O)(=O)N1CCCc2cc(C(=O)N3CC[C@@H]4CNC[C@@H]4CC3)ccc21. The molecule has 2 saturated heterocycles. The number of fused-ring (bicyclic) bond motifs is 2. The van der Waals surface area contributed by atoms with Crippen LogP contribution in [-0.2, 0) is 16.4 Å². The van der Waals surface area contributed by atoms with Crippen molar-refractivity contribution >= 4 is 21.6 Å². The van der Waals surface area contributed by atoms with Crippen molar-refractivity contribution in [1.29, 1.82) is 0 Å². The zero-order valence-electron chi connectivity index (χ0n) is 15.3. The van der Waals surface area contributed by atoms with Crippen molar-refractivity contribution in [3.63, 3.8) is 0 Å². The lowest BCUT2D eigenvalue weighted by molar-refractivity contribution is 0.0758. The lowest BCUT2D eigenvalue weighted by Gasteiger charge is -2.30. The van der Waals surface area contributed by atoms with Crippen LogP contribution in [0.3, 0.4) is 0 Å². The van der Waals surface area contributed by atoms with E-state index in [1.807, 2.05) is 11.0 Å². The van der Waals surface area contributed by atoms with Crippen LogP contribution in [0.1, 0.15) is 35.2 Å². The van der Waals surface area contributed by atoms with Crippen LogP contribution < -0.4 is 9.62 Å². The number of nitrogens with one attached hydrogen (secondary N) is 1. The number of sulfonamides is 1.